The number of hydrogen-bond acceptors (Lipinski definition) is 2. The number of nitrogens with two attached hydrogens (primary N) is 1. The molecule has 1 aromatic rings. The third-order valence-electron chi connectivity index (χ3n) is 4.07. The summed E-state index contributed by atoms with van der Waals surface area (Å²) in [6.45, 7) is 6.70. The molecule has 0 bridgehead atoms. The number of hydrogen-bond donors (Lipinski definition) is 1. The fraction of sp³-hybridized carbons (Fsp3) is 0.769. The Bertz CT molecular complexity index is 343. The molecule has 1 aliphatic rings. The SMILES string of the molecule is Cc1nccn1C1CC(C(C)C)CCC1N. The molecule has 1 aliphatic carbocycles. The summed E-state index contributed by atoms with van der Waals surface area (Å²) in [5.74, 6) is 2.66. The highest BCUT2D eigenvalue weighted by atomic mass is 15.1. The Hall–Kier alpha value is -0.830. The lowest BCUT2D eigenvalue weighted by Crippen LogP contribution is -2.39. The van der Waals surface area contributed by atoms with Crippen LogP contribution in [0.5, 0.6) is 0 Å². The molecule has 1 fully saturated rings. The van der Waals surface area contributed by atoms with Gasteiger partial charge in [0.2, 0.25) is 0 Å². The van der Waals surface area contributed by atoms with Crippen LogP contribution in [-0.2, 0) is 0 Å². The number of aryl methyl sites for hydroxylation is 1. The van der Waals surface area contributed by atoms with Crippen molar-refractivity contribution in [1.82, 2.24) is 9.55 Å². The largest absolute Gasteiger partial charge is 0.331 e. The number of rotatable bonds is 2. The lowest BCUT2D eigenvalue weighted by molar-refractivity contribution is 0.191. The quantitative estimate of drug-likeness (QED) is 0.834. The van der Waals surface area contributed by atoms with E-state index in [9.17, 15) is 0 Å². The highest BCUT2D eigenvalue weighted by Crippen LogP contribution is 2.36. The maximum Gasteiger partial charge on any atom is 0.105 e. The van der Waals surface area contributed by atoms with Crippen LogP contribution in [-0.4, -0.2) is 15.6 Å². The molecule has 0 aliphatic heterocycles. The van der Waals surface area contributed by atoms with Crippen molar-refractivity contribution < 1.29 is 0 Å². The van der Waals surface area contributed by atoms with Crippen LogP contribution < -0.4 is 5.73 Å². The van der Waals surface area contributed by atoms with Gasteiger partial charge in [0.15, 0.2) is 0 Å². The predicted octanol–water partition coefficient (Wildman–Crippen LogP) is 2.52. The highest BCUT2D eigenvalue weighted by molar-refractivity contribution is 4.97. The van der Waals surface area contributed by atoms with Crippen LogP contribution in [0.15, 0.2) is 12.4 Å². The molecule has 1 saturated carbocycles. The molecule has 2 N–H and O–H groups in total. The van der Waals surface area contributed by atoms with Crippen molar-refractivity contribution >= 4 is 0 Å². The van der Waals surface area contributed by atoms with Gasteiger partial charge in [-0.15, -0.1) is 0 Å². The Labute approximate surface area is 98.1 Å². The van der Waals surface area contributed by atoms with Crippen LogP contribution in [0, 0.1) is 18.8 Å². The summed E-state index contributed by atoms with van der Waals surface area (Å²) < 4.78 is 2.26. The van der Waals surface area contributed by atoms with Crippen molar-refractivity contribution in [3.8, 4) is 0 Å². The average Bonchev–Trinajstić information content (AvgIpc) is 2.65. The van der Waals surface area contributed by atoms with Gasteiger partial charge in [-0.3, -0.25) is 0 Å². The Balaban J connectivity index is 2.16. The first-order valence-electron chi connectivity index (χ1n) is 6.34. The maximum absolute atomic E-state index is 6.25. The van der Waals surface area contributed by atoms with Crippen LogP contribution in [0.2, 0.25) is 0 Å². The molecular weight excluding hydrogens is 198 g/mol. The molecular formula is C13H23N3. The molecule has 0 saturated heterocycles. The lowest BCUT2D eigenvalue weighted by Gasteiger charge is -2.37. The first-order chi connectivity index (χ1) is 7.59. The van der Waals surface area contributed by atoms with E-state index in [4.69, 9.17) is 5.73 Å². The van der Waals surface area contributed by atoms with Gasteiger partial charge in [0.1, 0.15) is 5.82 Å². The van der Waals surface area contributed by atoms with E-state index in [1.807, 2.05) is 6.20 Å². The zero-order valence-corrected chi connectivity index (χ0v) is 10.6. The first kappa shape index (κ1) is 11.6. The molecule has 3 atom stereocenters. The van der Waals surface area contributed by atoms with Gasteiger partial charge in [0.05, 0.1) is 6.04 Å². The van der Waals surface area contributed by atoms with Crippen molar-refractivity contribution in [2.45, 2.75) is 52.1 Å². The van der Waals surface area contributed by atoms with E-state index >= 15 is 0 Å². The van der Waals surface area contributed by atoms with Gasteiger partial charge in [-0.05, 0) is 38.0 Å². The summed E-state index contributed by atoms with van der Waals surface area (Å²) in [5.41, 5.74) is 6.25. The summed E-state index contributed by atoms with van der Waals surface area (Å²) in [5, 5.41) is 0. The highest BCUT2D eigenvalue weighted by Gasteiger charge is 2.31. The number of nitrogens with zero attached hydrogens (tertiary/aromatic N) is 2. The van der Waals surface area contributed by atoms with Crippen LogP contribution in [0.3, 0.4) is 0 Å². The number of imidazole rings is 1. The third kappa shape index (κ3) is 2.14. The second-order valence-electron chi connectivity index (χ2n) is 5.43. The molecule has 3 nitrogen and oxygen atoms in total. The molecule has 1 aromatic heterocycles. The van der Waals surface area contributed by atoms with Crippen LogP contribution in [0.25, 0.3) is 0 Å². The normalized spacial score (nSPS) is 30.9. The summed E-state index contributed by atoms with van der Waals surface area (Å²) >= 11 is 0. The summed E-state index contributed by atoms with van der Waals surface area (Å²) in [4.78, 5) is 4.30. The zero-order valence-electron chi connectivity index (χ0n) is 10.6. The molecule has 0 radical (unpaired) electrons. The Morgan fingerprint density at radius 2 is 2.19 bits per heavy atom. The topological polar surface area (TPSA) is 43.8 Å². The van der Waals surface area contributed by atoms with Gasteiger partial charge in [-0.25, -0.2) is 4.98 Å². The molecule has 0 spiro atoms. The summed E-state index contributed by atoms with van der Waals surface area (Å²) in [6, 6.07) is 0.742. The van der Waals surface area contributed by atoms with E-state index in [1.54, 1.807) is 0 Å². The van der Waals surface area contributed by atoms with Crippen LogP contribution >= 0.6 is 0 Å². The standard InChI is InChI=1S/C13H23N3/c1-9(2)11-4-5-12(14)13(8-11)16-7-6-15-10(16)3/h6-7,9,11-13H,4-5,8,14H2,1-3H3. The Morgan fingerprint density at radius 3 is 2.75 bits per heavy atom. The molecule has 3 unspecified atom stereocenters. The molecule has 1 heterocycles. The van der Waals surface area contributed by atoms with E-state index in [2.05, 4.69) is 36.5 Å². The minimum atomic E-state index is 0.294. The molecule has 16 heavy (non-hydrogen) atoms. The zero-order chi connectivity index (χ0) is 11.7. The maximum atomic E-state index is 6.25. The average molecular weight is 221 g/mol. The summed E-state index contributed by atoms with van der Waals surface area (Å²) in [6.07, 6.45) is 7.58. The van der Waals surface area contributed by atoms with Gasteiger partial charge in [0, 0.05) is 18.4 Å². The van der Waals surface area contributed by atoms with Crippen molar-refractivity contribution in [2.75, 3.05) is 0 Å². The molecule has 0 aromatic carbocycles. The van der Waals surface area contributed by atoms with Gasteiger partial charge in [-0.1, -0.05) is 13.8 Å². The van der Waals surface area contributed by atoms with Crippen molar-refractivity contribution in [2.24, 2.45) is 17.6 Å². The molecule has 90 valence electrons. The van der Waals surface area contributed by atoms with Crippen molar-refractivity contribution in [3.05, 3.63) is 18.2 Å². The summed E-state index contributed by atoms with van der Waals surface area (Å²) in [7, 11) is 0. The van der Waals surface area contributed by atoms with Gasteiger partial charge in [-0.2, -0.15) is 0 Å². The second-order valence-corrected chi connectivity index (χ2v) is 5.43. The monoisotopic (exact) mass is 221 g/mol. The van der Waals surface area contributed by atoms with E-state index in [1.165, 1.54) is 12.8 Å². The minimum Gasteiger partial charge on any atom is -0.331 e. The molecule has 2 rings (SSSR count). The first-order valence-corrected chi connectivity index (χ1v) is 6.34. The fourth-order valence-electron chi connectivity index (χ4n) is 2.87. The van der Waals surface area contributed by atoms with Crippen molar-refractivity contribution in [3.63, 3.8) is 0 Å². The second kappa shape index (κ2) is 4.58. The van der Waals surface area contributed by atoms with Crippen LogP contribution in [0.4, 0.5) is 0 Å². The van der Waals surface area contributed by atoms with E-state index in [0.29, 0.717) is 12.1 Å². The predicted molar refractivity (Wildman–Crippen MR) is 66.2 cm³/mol. The van der Waals surface area contributed by atoms with Gasteiger partial charge >= 0.3 is 0 Å². The van der Waals surface area contributed by atoms with Gasteiger partial charge < -0.3 is 10.3 Å². The molecule has 3 heteroatoms. The van der Waals surface area contributed by atoms with Crippen molar-refractivity contribution in [1.29, 1.82) is 0 Å². The van der Waals surface area contributed by atoms with E-state index in [-0.39, 0.29) is 0 Å². The smallest absolute Gasteiger partial charge is 0.105 e. The minimum absolute atomic E-state index is 0.294. The van der Waals surface area contributed by atoms with E-state index < -0.39 is 0 Å². The van der Waals surface area contributed by atoms with Gasteiger partial charge in [0.25, 0.3) is 0 Å². The van der Waals surface area contributed by atoms with Crippen LogP contribution in [0.1, 0.15) is 45.0 Å². The number of aromatic nitrogens is 2. The Morgan fingerprint density at radius 1 is 1.44 bits per heavy atom. The van der Waals surface area contributed by atoms with E-state index in [0.717, 1.165) is 24.1 Å². The fourth-order valence-corrected chi connectivity index (χ4v) is 2.87. The third-order valence-corrected chi connectivity index (χ3v) is 4.07. The Kier molecular flexibility index (Phi) is 3.33. The molecule has 0 amide bonds. The lowest BCUT2D eigenvalue weighted by atomic mass is 9.77.